The third-order valence-corrected chi connectivity index (χ3v) is 10.8. The van der Waals surface area contributed by atoms with Crippen LogP contribution in [0.1, 0.15) is 194 Å². The molecular weight excluding hydrogens is 727 g/mol. The topological polar surface area (TPSA) is 135 Å². The Morgan fingerprint density at radius 1 is 0.456 bits per heavy atom. The summed E-state index contributed by atoms with van der Waals surface area (Å²) in [4.78, 5) is 64.9. The van der Waals surface area contributed by atoms with Crippen molar-refractivity contribution in [3.8, 4) is 0 Å². The summed E-state index contributed by atoms with van der Waals surface area (Å²) in [6.07, 6.45) is 24.8. The SMILES string of the molecule is CCCCCCCCCCCC(=O)OCC(COC(=O)CCCCC(COC(=O)CCCCCCC)COC(=O)CCCCCCC)COC(=O)C1CCN(C)C1. The Bertz CT molecular complexity index is 1020. The Morgan fingerprint density at radius 3 is 1.16 bits per heavy atom. The van der Waals surface area contributed by atoms with Gasteiger partial charge in [-0.2, -0.15) is 0 Å². The lowest BCUT2D eigenvalue weighted by Gasteiger charge is -2.19. The molecule has 1 fully saturated rings. The van der Waals surface area contributed by atoms with Crippen molar-refractivity contribution in [1.82, 2.24) is 4.90 Å². The Hall–Kier alpha value is -2.69. The first kappa shape index (κ1) is 52.3. The molecule has 0 N–H and O–H groups in total. The van der Waals surface area contributed by atoms with E-state index in [-0.39, 0.29) is 81.1 Å². The first-order valence-electron chi connectivity index (χ1n) is 23.2. The Labute approximate surface area is 346 Å². The highest BCUT2D eigenvalue weighted by molar-refractivity contribution is 5.73. The predicted octanol–water partition coefficient (Wildman–Crippen LogP) is 10.1. The molecule has 11 nitrogen and oxygen atoms in total. The number of ether oxygens (including phenoxy) is 5. The van der Waals surface area contributed by atoms with Crippen LogP contribution in [0.4, 0.5) is 0 Å². The van der Waals surface area contributed by atoms with Gasteiger partial charge >= 0.3 is 29.8 Å². The maximum absolute atomic E-state index is 12.8. The summed E-state index contributed by atoms with van der Waals surface area (Å²) in [7, 11) is 1.97. The van der Waals surface area contributed by atoms with E-state index in [1.165, 1.54) is 38.5 Å². The first-order chi connectivity index (χ1) is 27.7. The lowest BCUT2D eigenvalue weighted by Crippen LogP contribution is -2.29. The van der Waals surface area contributed by atoms with Gasteiger partial charge in [0.25, 0.3) is 0 Å². The second-order valence-corrected chi connectivity index (χ2v) is 16.5. The summed E-state index contributed by atoms with van der Waals surface area (Å²) in [6, 6.07) is 0. The van der Waals surface area contributed by atoms with Gasteiger partial charge in [-0.15, -0.1) is 0 Å². The van der Waals surface area contributed by atoms with Gasteiger partial charge in [-0.3, -0.25) is 24.0 Å². The van der Waals surface area contributed by atoms with Crippen molar-refractivity contribution >= 4 is 29.8 Å². The maximum Gasteiger partial charge on any atom is 0.310 e. The summed E-state index contributed by atoms with van der Waals surface area (Å²) in [5, 5.41) is 0. The Morgan fingerprint density at radius 2 is 0.789 bits per heavy atom. The second-order valence-electron chi connectivity index (χ2n) is 16.5. The van der Waals surface area contributed by atoms with Gasteiger partial charge in [0.2, 0.25) is 0 Å². The highest BCUT2D eigenvalue weighted by atomic mass is 16.6. The smallest absolute Gasteiger partial charge is 0.310 e. The van der Waals surface area contributed by atoms with E-state index in [0.717, 1.165) is 96.4 Å². The van der Waals surface area contributed by atoms with Crippen LogP contribution in [0.2, 0.25) is 0 Å². The van der Waals surface area contributed by atoms with E-state index in [1.54, 1.807) is 0 Å². The average Bonchev–Trinajstić information content (AvgIpc) is 3.65. The van der Waals surface area contributed by atoms with E-state index < -0.39 is 5.92 Å². The quantitative estimate of drug-likeness (QED) is 0.0335. The standard InChI is InChI=1S/C46H83NO10/c1-5-8-11-14-15-16-17-20-23-29-44(50)55-36-40(38-57-46(52)41-31-32-47(4)33-41)37-56-45(51)30-25-24-26-39(34-53-42(48)27-21-18-12-9-6-2)35-54-43(49)28-22-19-13-10-7-3/h39-41H,5-38H2,1-4H3. The fourth-order valence-electron chi connectivity index (χ4n) is 6.96. The zero-order valence-electron chi connectivity index (χ0n) is 36.8. The van der Waals surface area contributed by atoms with Gasteiger partial charge in [-0.05, 0) is 52.1 Å². The molecule has 57 heavy (non-hydrogen) atoms. The fraction of sp³-hybridized carbons (Fsp3) is 0.891. The van der Waals surface area contributed by atoms with Crippen LogP contribution in [0.3, 0.4) is 0 Å². The minimum absolute atomic E-state index is 0.00817. The van der Waals surface area contributed by atoms with Gasteiger partial charge in [0, 0.05) is 38.1 Å². The molecule has 1 heterocycles. The summed E-state index contributed by atoms with van der Waals surface area (Å²) in [6.45, 7) is 8.38. The number of unbranched alkanes of at least 4 members (excludes halogenated alkanes) is 17. The van der Waals surface area contributed by atoms with E-state index in [4.69, 9.17) is 23.7 Å². The van der Waals surface area contributed by atoms with Crippen LogP contribution < -0.4 is 0 Å². The molecule has 0 amide bonds. The molecule has 2 unspecified atom stereocenters. The molecule has 1 aliphatic heterocycles. The summed E-state index contributed by atoms with van der Waals surface area (Å²) in [5.74, 6) is -2.21. The van der Waals surface area contributed by atoms with Crippen LogP contribution in [0.25, 0.3) is 0 Å². The molecule has 0 aliphatic carbocycles. The van der Waals surface area contributed by atoms with Crippen molar-refractivity contribution in [2.75, 3.05) is 53.2 Å². The van der Waals surface area contributed by atoms with Gasteiger partial charge in [0.15, 0.2) is 0 Å². The van der Waals surface area contributed by atoms with E-state index in [9.17, 15) is 24.0 Å². The molecule has 0 bridgehead atoms. The number of nitrogens with zero attached hydrogens (tertiary/aromatic N) is 1. The van der Waals surface area contributed by atoms with Crippen LogP contribution >= 0.6 is 0 Å². The minimum Gasteiger partial charge on any atom is -0.465 e. The van der Waals surface area contributed by atoms with Crippen molar-refractivity contribution in [2.45, 2.75) is 194 Å². The molecule has 0 radical (unpaired) electrons. The van der Waals surface area contributed by atoms with Gasteiger partial charge in [-0.1, -0.05) is 130 Å². The monoisotopic (exact) mass is 810 g/mol. The maximum atomic E-state index is 12.8. The Balaban J connectivity index is 2.55. The highest BCUT2D eigenvalue weighted by Gasteiger charge is 2.28. The zero-order valence-corrected chi connectivity index (χ0v) is 36.8. The Kier molecular flexibility index (Phi) is 33.4. The third kappa shape index (κ3) is 31.0. The average molecular weight is 810 g/mol. The van der Waals surface area contributed by atoms with Crippen LogP contribution in [-0.4, -0.2) is 87.9 Å². The molecule has 1 aliphatic rings. The molecule has 2 atom stereocenters. The lowest BCUT2D eigenvalue weighted by molar-refractivity contribution is -0.156. The molecular formula is C46H83NO10. The van der Waals surface area contributed by atoms with E-state index in [2.05, 4.69) is 25.7 Å². The molecule has 332 valence electrons. The molecule has 11 heteroatoms. The molecule has 0 saturated carbocycles. The van der Waals surface area contributed by atoms with Crippen molar-refractivity contribution in [3.63, 3.8) is 0 Å². The zero-order chi connectivity index (χ0) is 41.8. The highest BCUT2D eigenvalue weighted by Crippen LogP contribution is 2.18. The number of hydrogen-bond acceptors (Lipinski definition) is 11. The predicted molar refractivity (Wildman–Crippen MR) is 224 cm³/mol. The minimum atomic E-state index is -0.462. The van der Waals surface area contributed by atoms with Crippen molar-refractivity contribution in [3.05, 3.63) is 0 Å². The second kappa shape index (κ2) is 36.4. The first-order valence-corrected chi connectivity index (χ1v) is 23.2. The number of likely N-dealkylation sites (tertiary alicyclic amines) is 1. The lowest BCUT2D eigenvalue weighted by atomic mass is 10.0. The van der Waals surface area contributed by atoms with E-state index >= 15 is 0 Å². The van der Waals surface area contributed by atoms with Crippen molar-refractivity contribution in [2.24, 2.45) is 17.8 Å². The van der Waals surface area contributed by atoms with Crippen LogP contribution in [0.15, 0.2) is 0 Å². The molecule has 0 aromatic carbocycles. The number of hydrogen-bond donors (Lipinski definition) is 0. The molecule has 0 spiro atoms. The normalized spacial score (nSPS) is 14.7. The largest absolute Gasteiger partial charge is 0.465 e. The third-order valence-electron chi connectivity index (χ3n) is 10.8. The van der Waals surface area contributed by atoms with Crippen LogP contribution in [0, 0.1) is 17.8 Å². The van der Waals surface area contributed by atoms with Crippen molar-refractivity contribution < 1.29 is 47.7 Å². The number of carbonyl (C=O) groups is 5. The van der Waals surface area contributed by atoms with E-state index in [1.807, 2.05) is 7.05 Å². The fourth-order valence-corrected chi connectivity index (χ4v) is 6.96. The molecule has 1 saturated heterocycles. The van der Waals surface area contributed by atoms with Gasteiger partial charge in [0.1, 0.15) is 19.8 Å². The van der Waals surface area contributed by atoms with Crippen LogP contribution in [-0.2, 0) is 47.7 Å². The molecule has 0 aromatic rings. The van der Waals surface area contributed by atoms with Gasteiger partial charge in [0.05, 0.1) is 25.0 Å². The number of carbonyl (C=O) groups excluding carboxylic acids is 5. The van der Waals surface area contributed by atoms with Gasteiger partial charge < -0.3 is 28.6 Å². The molecule has 0 aromatic heterocycles. The number of esters is 5. The summed E-state index contributed by atoms with van der Waals surface area (Å²) >= 11 is 0. The van der Waals surface area contributed by atoms with Crippen LogP contribution in [0.5, 0.6) is 0 Å². The van der Waals surface area contributed by atoms with Gasteiger partial charge in [-0.25, -0.2) is 0 Å². The van der Waals surface area contributed by atoms with Crippen molar-refractivity contribution in [1.29, 1.82) is 0 Å². The summed E-state index contributed by atoms with van der Waals surface area (Å²) < 4.78 is 27.9. The molecule has 1 rings (SSSR count). The van der Waals surface area contributed by atoms with E-state index in [0.29, 0.717) is 45.1 Å². The number of rotatable bonds is 38. The summed E-state index contributed by atoms with van der Waals surface area (Å²) in [5.41, 5.74) is 0.